The normalized spacial score (nSPS) is 10.5. The minimum atomic E-state index is 0.476. The molecule has 0 atom stereocenters. The molecule has 0 aliphatic heterocycles. The molecular formula is C15H12N2O2. The lowest BCUT2D eigenvalue weighted by molar-refractivity contribution is 0.112. The zero-order valence-electron chi connectivity index (χ0n) is 10.2. The van der Waals surface area contributed by atoms with Gasteiger partial charge in [0.2, 0.25) is 5.88 Å². The highest BCUT2D eigenvalue weighted by atomic mass is 16.5. The molecule has 0 fully saturated rings. The van der Waals surface area contributed by atoms with Crippen LogP contribution < -0.4 is 4.74 Å². The molecule has 0 bridgehead atoms. The molecule has 2 aromatic heterocycles. The number of H-pyrrole nitrogens is 1. The lowest BCUT2D eigenvalue weighted by Gasteiger charge is -2.04. The summed E-state index contributed by atoms with van der Waals surface area (Å²) in [5.74, 6) is 0.549. The van der Waals surface area contributed by atoms with E-state index < -0.39 is 0 Å². The quantitative estimate of drug-likeness (QED) is 0.726. The maximum Gasteiger partial charge on any atom is 0.214 e. The highest BCUT2D eigenvalue weighted by Gasteiger charge is 2.03. The Bertz CT molecular complexity index is 704. The van der Waals surface area contributed by atoms with Gasteiger partial charge in [0.15, 0.2) is 6.29 Å². The summed E-state index contributed by atoms with van der Waals surface area (Å²) in [7, 11) is 0. The van der Waals surface area contributed by atoms with Gasteiger partial charge in [0, 0.05) is 11.5 Å². The first-order chi connectivity index (χ1) is 9.35. The Morgan fingerprint density at radius 3 is 2.84 bits per heavy atom. The molecule has 0 spiro atoms. The molecule has 1 N–H and O–H groups in total. The van der Waals surface area contributed by atoms with Crippen molar-refractivity contribution in [2.75, 3.05) is 0 Å². The maximum absolute atomic E-state index is 10.7. The van der Waals surface area contributed by atoms with E-state index in [-0.39, 0.29) is 0 Å². The number of benzene rings is 1. The standard InChI is InChI=1S/C15H12N2O2/c18-9-13-6-12-7-15(16-8-14(12)17-13)19-10-11-4-2-1-3-5-11/h1-9,17H,10H2. The van der Waals surface area contributed by atoms with E-state index in [1.54, 1.807) is 12.3 Å². The third-order valence-electron chi connectivity index (χ3n) is 2.86. The van der Waals surface area contributed by atoms with Gasteiger partial charge in [-0.1, -0.05) is 30.3 Å². The second-order valence-electron chi connectivity index (χ2n) is 4.23. The number of aldehydes is 1. The van der Waals surface area contributed by atoms with Crippen LogP contribution in [-0.4, -0.2) is 16.3 Å². The van der Waals surface area contributed by atoms with Crippen LogP contribution in [0.25, 0.3) is 10.9 Å². The summed E-state index contributed by atoms with van der Waals surface area (Å²) >= 11 is 0. The first kappa shape index (κ1) is 11.5. The SMILES string of the molecule is O=Cc1cc2cc(OCc3ccccc3)ncc2[nH]1. The third-order valence-corrected chi connectivity index (χ3v) is 2.86. The fourth-order valence-corrected chi connectivity index (χ4v) is 1.91. The second-order valence-corrected chi connectivity index (χ2v) is 4.23. The number of carbonyl (C=O) groups is 1. The Balaban J connectivity index is 1.79. The summed E-state index contributed by atoms with van der Waals surface area (Å²) in [6.07, 6.45) is 2.45. The van der Waals surface area contributed by atoms with E-state index in [1.165, 1.54) is 0 Å². The predicted octanol–water partition coefficient (Wildman–Crippen LogP) is 2.95. The van der Waals surface area contributed by atoms with Crippen LogP contribution in [0.4, 0.5) is 0 Å². The van der Waals surface area contributed by atoms with Crippen molar-refractivity contribution in [3.63, 3.8) is 0 Å². The highest BCUT2D eigenvalue weighted by molar-refractivity contribution is 5.87. The summed E-state index contributed by atoms with van der Waals surface area (Å²) < 4.78 is 5.63. The van der Waals surface area contributed by atoms with E-state index in [9.17, 15) is 4.79 Å². The number of pyridine rings is 1. The van der Waals surface area contributed by atoms with Crippen molar-refractivity contribution in [1.82, 2.24) is 9.97 Å². The van der Waals surface area contributed by atoms with Crippen LogP contribution in [0.1, 0.15) is 16.1 Å². The van der Waals surface area contributed by atoms with E-state index in [2.05, 4.69) is 9.97 Å². The Hall–Kier alpha value is -2.62. The average molecular weight is 252 g/mol. The van der Waals surface area contributed by atoms with Crippen LogP contribution in [0.5, 0.6) is 5.88 Å². The number of ether oxygens (including phenoxy) is 1. The molecule has 3 aromatic rings. The van der Waals surface area contributed by atoms with Gasteiger partial charge >= 0.3 is 0 Å². The van der Waals surface area contributed by atoms with Crippen LogP contribution in [0.3, 0.4) is 0 Å². The Kier molecular flexibility index (Phi) is 2.98. The van der Waals surface area contributed by atoms with Gasteiger partial charge in [-0.15, -0.1) is 0 Å². The van der Waals surface area contributed by atoms with Gasteiger partial charge < -0.3 is 9.72 Å². The van der Waals surface area contributed by atoms with Gasteiger partial charge in [0.05, 0.1) is 17.4 Å². The van der Waals surface area contributed by atoms with E-state index in [0.717, 1.165) is 22.8 Å². The number of hydrogen-bond donors (Lipinski definition) is 1. The summed E-state index contributed by atoms with van der Waals surface area (Å²) in [6, 6.07) is 13.5. The van der Waals surface area contributed by atoms with Gasteiger partial charge in [0.25, 0.3) is 0 Å². The number of nitrogens with one attached hydrogen (secondary N) is 1. The molecular weight excluding hydrogens is 240 g/mol. The first-order valence-corrected chi connectivity index (χ1v) is 5.96. The van der Waals surface area contributed by atoms with Gasteiger partial charge in [-0.2, -0.15) is 0 Å². The first-order valence-electron chi connectivity index (χ1n) is 5.96. The van der Waals surface area contributed by atoms with Gasteiger partial charge in [-0.3, -0.25) is 4.79 Å². The monoisotopic (exact) mass is 252 g/mol. The molecule has 4 heteroatoms. The van der Waals surface area contributed by atoms with Gasteiger partial charge in [0.1, 0.15) is 6.61 Å². The maximum atomic E-state index is 10.7. The number of rotatable bonds is 4. The molecule has 0 radical (unpaired) electrons. The zero-order valence-corrected chi connectivity index (χ0v) is 10.2. The smallest absolute Gasteiger partial charge is 0.214 e. The zero-order chi connectivity index (χ0) is 13.1. The molecule has 0 aliphatic rings. The number of hydrogen-bond acceptors (Lipinski definition) is 3. The molecule has 4 nitrogen and oxygen atoms in total. The molecule has 0 unspecified atom stereocenters. The number of aromatic amines is 1. The van der Waals surface area contributed by atoms with Crippen LogP contribution in [-0.2, 0) is 6.61 Å². The van der Waals surface area contributed by atoms with Crippen molar-refractivity contribution >= 4 is 17.2 Å². The van der Waals surface area contributed by atoms with E-state index >= 15 is 0 Å². The van der Waals surface area contributed by atoms with Crippen LogP contribution >= 0.6 is 0 Å². The Morgan fingerprint density at radius 1 is 1.21 bits per heavy atom. The largest absolute Gasteiger partial charge is 0.473 e. The summed E-state index contributed by atoms with van der Waals surface area (Å²) in [5, 5.41) is 0.917. The second kappa shape index (κ2) is 4.94. The molecule has 3 rings (SSSR count). The molecule has 1 aromatic carbocycles. The number of nitrogens with zero attached hydrogens (tertiary/aromatic N) is 1. The Morgan fingerprint density at radius 2 is 2.05 bits per heavy atom. The number of fused-ring (bicyclic) bond motifs is 1. The fourth-order valence-electron chi connectivity index (χ4n) is 1.91. The van der Waals surface area contributed by atoms with E-state index in [0.29, 0.717) is 18.2 Å². The summed E-state index contributed by atoms with van der Waals surface area (Å²) in [6.45, 7) is 0.476. The van der Waals surface area contributed by atoms with Crippen molar-refractivity contribution in [3.8, 4) is 5.88 Å². The van der Waals surface area contributed by atoms with Crippen molar-refractivity contribution in [3.05, 3.63) is 59.9 Å². The van der Waals surface area contributed by atoms with E-state index in [4.69, 9.17) is 4.74 Å². The van der Waals surface area contributed by atoms with E-state index in [1.807, 2.05) is 36.4 Å². The molecule has 0 amide bonds. The predicted molar refractivity (Wildman–Crippen MR) is 72.3 cm³/mol. The third kappa shape index (κ3) is 2.47. The van der Waals surface area contributed by atoms with Crippen LogP contribution in [0.2, 0.25) is 0 Å². The minimum absolute atomic E-state index is 0.476. The molecule has 94 valence electrons. The molecule has 2 heterocycles. The molecule has 0 saturated heterocycles. The van der Waals surface area contributed by atoms with Gasteiger partial charge in [-0.25, -0.2) is 4.98 Å². The Labute approximate surface area is 110 Å². The van der Waals surface area contributed by atoms with Crippen molar-refractivity contribution in [2.24, 2.45) is 0 Å². The van der Waals surface area contributed by atoms with Gasteiger partial charge in [-0.05, 0) is 11.6 Å². The van der Waals surface area contributed by atoms with Crippen LogP contribution in [0, 0.1) is 0 Å². The average Bonchev–Trinajstić information content (AvgIpc) is 2.88. The topological polar surface area (TPSA) is 55.0 Å². The van der Waals surface area contributed by atoms with Crippen molar-refractivity contribution in [2.45, 2.75) is 6.61 Å². The fraction of sp³-hybridized carbons (Fsp3) is 0.0667. The molecule has 0 saturated carbocycles. The minimum Gasteiger partial charge on any atom is -0.473 e. The molecule has 0 aliphatic carbocycles. The van der Waals surface area contributed by atoms with Crippen molar-refractivity contribution in [1.29, 1.82) is 0 Å². The number of aromatic nitrogens is 2. The summed E-state index contributed by atoms with van der Waals surface area (Å²) in [4.78, 5) is 17.8. The van der Waals surface area contributed by atoms with Crippen LogP contribution in [0.15, 0.2) is 48.7 Å². The highest BCUT2D eigenvalue weighted by Crippen LogP contribution is 2.19. The lowest BCUT2D eigenvalue weighted by Crippen LogP contribution is -1.96. The summed E-state index contributed by atoms with van der Waals surface area (Å²) in [5.41, 5.74) is 2.46. The lowest BCUT2D eigenvalue weighted by atomic mass is 10.2. The van der Waals surface area contributed by atoms with Crippen molar-refractivity contribution < 1.29 is 9.53 Å². The number of carbonyl (C=O) groups excluding carboxylic acids is 1. The molecule has 19 heavy (non-hydrogen) atoms.